The number of ether oxygens (including phenoxy) is 2. The van der Waals surface area contributed by atoms with E-state index in [4.69, 9.17) is 18.3 Å². The predicted octanol–water partition coefficient (Wildman–Crippen LogP) is 6.48. The smallest absolute Gasteiger partial charge is 0.338 e. The number of hydrogen-bond acceptors (Lipinski definition) is 4. The summed E-state index contributed by atoms with van der Waals surface area (Å²) in [6.45, 7) is 12.8. The van der Waals surface area contributed by atoms with Crippen molar-refractivity contribution >= 4 is 8.56 Å². The summed E-state index contributed by atoms with van der Waals surface area (Å²) in [6.07, 6.45) is 12.9. The van der Waals surface area contributed by atoms with Crippen LogP contribution in [0.15, 0.2) is 0 Å². The Kier molecular flexibility index (Phi) is 20.8. The third kappa shape index (κ3) is 16.7. The van der Waals surface area contributed by atoms with Gasteiger partial charge in [-0.3, -0.25) is 0 Å². The molecular formula is C22H48O4Si. The summed E-state index contributed by atoms with van der Waals surface area (Å²) in [5, 5.41) is 0. The van der Waals surface area contributed by atoms with Gasteiger partial charge in [0.1, 0.15) is 0 Å². The third-order valence-corrected chi connectivity index (χ3v) is 8.61. The molecule has 0 fully saturated rings. The second-order valence-corrected chi connectivity index (χ2v) is 10.7. The normalized spacial score (nSPS) is 12.0. The Labute approximate surface area is 170 Å². The van der Waals surface area contributed by atoms with E-state index in [1.807, 2.05) is 13.8 Å². The Bertz CT molecular complexity index is 261. The molecule has 0 atom stereocenters. The molecule has 0 aromatic rings. The van der Waals surface area contributed by atoms with Gasteiger partial charge in [-0.25, -0.2) is 0 Å². The van der Waals surface area contributed by atoms with Gasteiger partial charge in [0.15, 0.2) is 0 Å². The lowest BCUT2D eigenvalue weighted by Crippen LogP contribution is -2.44. The minimum Gasteiger partial charge on any atom is -0.392 e. The van der Waals surface area contributed by atoms with Crippen LogP contribution in [0.3, 0.4) is 0 Å². The maximum atomic E-state index is 6.46. The lowest BCUT2D eigenvalue weighted by molar-refractivity contribution is 0.0636. The van der Waals surface area contributed by atoms with E-state index in [1.165, 1.54) is 64.2 Å². The van der Waals surface area contributed by atoms with Crippen molar-refractivity contribution in [3.8, 4) is 0 Å². The van der Waals surface area contributed by atoms with Crippen molar-refractivity contribution in [3.05, 3.63) is 0 Å². The Morgan fingerprint density at radius 1 is 0.481 bits per heavy atom. The van der Waals surface area contributed by atoms with Crippen LogP contribution >= 0.6 is 0 Å². The van der Waals surface area contributed by atoms with Gasteiger partial charge in [-0.15, -0.1) is 0 Å². The average Bonchev–Trinajstić information content (AvgIpc) is 2.68. The fourth-order valence-electron chi connectivity index (χ4n) is 3.31. The van der Waals surface area contributed by atoms with Crippen LogP contribution in [0.25, 0.3) is 0 Å². The van der Waals surface area contributed by atoms with Gasteiger partial charge in [0.2, 0.25) is 0 Å². The molecule has 0 aliphatic heterocycles. The van der Waals surface area contributed by atoms with E-state index in [1.54, 1.807) is 0 Å². The first-order chi connectivity index (χ1) is 13.2. The Morgan fingerprint density at radius 3 is 1.26 bits per heavy atom. The summed E-state index contributed by atoms with van der Waals surface area (Å²) >= 11 is 0. The molecule has 0 saturated heterocycles. The van der Waals surface area contributed by atoms with Gasteiger partial charge >= 0.3 is 8.56 Å². The lowest BCUT2D eigenvalue weighted by atomic mass is 10.2. The van der Waals surface area contributed by atoms with Crippen LogP contribution in [0.1, 0.15) is 91.9 Å². The molecule has 0 unspecified atom stereocenters. The molecule has 0 spiro atoms. The van der Waals surface area contributed by atoms with Crippen LogP contribution < -0.4 is 0 Å². The minimum atomic E-state index is -2.18. The fraction of sp³-hybridized carbons (Fsp3) is 1.00. The highest BCUT2D eigenvalue weighted by Gasteiger charge is 2.36. The van der Waals surface area contributed by atoms with Crippen LogP contribution in [-0.2, 0) is 18.3 Å². The maximum absolute atomic E-state index is 6.46. The zero-order valence-corrected chi connectivity index (χ0v) is 19.9. The molecule has 0 radical (unpaired) electrons. The molecule has 5 heteroatoms. The molecule has 4 nitrogen and oxygen atoms in total. The van der Waals surface area contributed by atoms with Gasteiger partial charge in [-0.1, -0.05) is 78.1 Å². The first kappa shape index (κ1) is 27.1. The van der Waals surface area contributed by atoms with Crippen molar-refractivity contribution in [2.45, 2.75) is 104 Å². The summed E-state index contributed by atoms with van der Waals surface area (Å²) in [7, 11) is -2.18. The van der Waals surface area contributed by atoms with Gasteiger partial charge in [-0.2, -0.15) is 0 Å². The Morgan fingerprint density at radius 2 is 0.889 bits per heavy atom. The van der Waals surface area contributed by atoms with Gasteiger partial charge in [-0.05, 0) is 25.9 Å². The largest absolute Gasteiger partial charge is 0.392 e. The molecule has 0 aliphatic carbocycles. The lowest BCUT2D eigenvalue weighted by Gasteiger charge is -2.31. The SMILES string of the molecule is CCCCCCC[Si](CCCCCCC)(OCCOCC)OCCOCC. The minimum absolute atomic E-state index is 0.665. The van der Waals surface area contributed by atoms with E-state index in [0.717, 1.165) is 25.3 Å². The summed E-state index contributed by atoms with van der Waals surface area (Å²) in [6, 6.07) is 2.23. The van der Waals surface area contributed by atoms with Crippen molar-refractivity contribution in [2.75, 3.05) is 39.6 Å². The average molecular weight is 405 g/mol. The molecule has 0 aromatic heterocycles. The van der Waals surface area contributed by atoms with E-state index < -0.39 is 8.56 Å². The van der Waals surface area contributed by atoms with Crippen LogP contribution in [0.4, 0.5) is 0 Å². The molecule has 0 rings (SSSR count). The highest BCUT2D eigenvalue weighted by molar-refractivity contribution is 6.67. The summed E-state index contributed by atoms with van der Waals surface area (Å²) in [4.78, 5) is 0. The molecule has 0 bridgehead atoms. The second kappa shape index (κ2) is 20.8. The molecular weight excluding hydrogens is 356 g/mol. The molecule has 0 heterocycles. The molecule has 0 N–H and O–H groups in total. The first-order valence-electron chi connectivity index (χ1n) is 11.7. The van der Waals surface area contributed by atoms with E-state index in [0.29, 0.717) is 26.4 Å². The van der Waals surface area contributed by atoms with Crippen molar-refractivity contribution in [3.63, 3.8) is 0 Å². The van der Waals surface area contributed by atoms with E-state index in [-0.39, 0.29) is 0 Å². The Balaban J connectivity index is 4.64. The Hall–Kier alpha value is 0.0569. The predicted molar refractivity (Wildman–Crippen MR) is 118 cm³/mol. The standard InChI is InChI=1S/C22H48O4Si/c1-5-9-11-13-15-21-27(25-19-17-23-7-3,26-20-18-24-8-4)22-16-14-12-10-6-2/h5-22H2,1-4H3. The first-order valence-corrected chi connectivity index (χ1v) is 13.9. The molecule has 27 heavy (non-hydrogen) atoms. The van der Waals surface area contributed by atoms with Crippen molar-refractivity contribution in [1.82, 2.24) is 0 Å². The topological polar surface area (TPSA) is 36.9 Å². The molecule has 0 amide bonds. The van der Waals surface area contributed by atoms with Crippen molar-refractivity contribution < 1.29 is 18.3 Å². The zero-order valence-electron chi connectivity index (χ0n) is 18.9. The van der Waals surface area contributed by atoms with Gasteiger partial charge in [0.25, 0.3) is 0 Å². The molecule has 0 aromatic carbocycles. The van der Waals surface area contributed by atoms with E-state index in [2.05, 4.69) is 13.8 Å². The molecule has 164 valence electrons. The summed E-state index contributed by atoms with van der Waals surface area (Å²) in [5.74, 6) is 0. The molecule has 0 aliphatic rings. The monoisotopic (exact) mass is 404 g/mol. The zero-order chi connectivity index (χ0) is 20.1. The number of unbranched alkanes of at least 4 members (excludes halogenated alkanes) is 8. The summed E-state index contributed by atoms with van der Waals surface area (Å²) in [5.41, 5.74) is 0. The van der Waals surface area contributed by atoms with Gasteiger partial charge in [0, 0.05) is 13.2 Å². The van der Waals surface area contributed by atoms with Crippen LogP contribution in [0.5, 0.6) is 0 Å². The third-order valence-electron chi connectivity index (χ3n) is 4.92. The highest BCUT2D eigenvalue weighted by Crippen LogP contribution is 2.26. The van der Waals surface area contributed by atoms with Crippen LogP contribution in [-0.4, -0.2) is 48.2 Å². The fourth-order valence-corrected chi connectivity index (χ4v) is 6.71. The quantitative estimate of drug-likeness (QED) is 0.153. The summed E-state index contributed by atoms with van der Waals surface area (Å²) < 4.78 is 23.9. The number of hydrogen-bond donors (Lipinski definition) is 0. The van der Waals surface area contributed by atoms with E-state index in [9.17, 15) is 0 Å². The van der Waals surface area contributed by atoms with Gasteiger partial charge < -0.3 is 18.3 Å². The van der Waals surface area contributed by atoms with Crippen LogP contribution in [0, 0.1) is 0 Å². The highest BCUT2D eigenvalue weighted by atomic mass is 28.4. The van der Waals surface area contributed by atoms with Crippen molar-refractivity contribution in [1.29, 1.82) is 0 Å². The maximum Gasteiger partial charge on any atom is 0.338 e. The second-order valence-electron chi connectivity index (χ2n) is 7.33. The van der Waals surface area contributed by atoms with Crippen LogP contribution in [0.2, 0.25) is 12.1 Å². The van der Waals surface area contributed by atoms with Gasteiger partial charge in [0.05, 0.1) is 26.4 Å². The number of rotatable bonds is 22. The molecule has 0 saturated carbocycles. The van der Waals surface area contributed by atoms with Crippen molar-refractivity contribution in [2.24, 2.45) is 0 Å². The van der Waals surface area contributed by atoms with E-state index >= 15 is 0 Å².